The summed E-state index contributed by atoms with van der Waals surface area (Å²) in [4.78, 5) is 9.31. The first-order valence-electron chi connectivity index (χ1n) is 9.29. The lowest BCUT2D eigenvalue weighted by Crippen LogP contribution is -2.50. The molecular formula is C21H21ClN4OS2. The van der Waals surface area contributed by atoms with Crippen LogP contribution in [0.1, 0.15) is 0 Å². The van der Waals surface area contributed by atoms with E-state index >= 15 is 0 Å². The molecule has 0 radical (unpaired) electrons. The highest BCUT2D eigenvalue weighted by Crippen LogP contribution is 2.29. The maximum atomic E-state index is 5.98. The third kappa shape index (κ3) is 4.63. The first kappa shape index (κ1) is 19.9. The average Bonchev–Trinajstić information content (AvgIpc) is 3.25. The predicted molar refractivity (Wildman–Crippen MR) is 126 cm³/mol. The molecule has 1 aromatic heterocycles. The number of anilines is 2. The van der Waals surface area contributed by atoms with Crippen molar-refractivity contribution in [3.05, 3.63) is 58.9 Å². The van der Waals surface area contributed by atoms with Crippen LogP contribution in [-0.4, -0.2) is 48.3 Å². The minimum absolute atomic E-state index is 0.718. The van der Waals surface area contributed by atoms with E-state index < -0.39 is 0 Å². The molecule has 0 saturated carbocycles. The molecule has 0 atom stereocenters. The molecule has 0 spiro atoms. The van der Waals surface area contributed by atoms with E-state index in [9.17, 15) is 0 Å². The van der Waals surface area contributed by atoms with Crippen LogP contribution in [0.4, 0.5) is 10.8 Å². The zero-order valence-corrected chi connectivity index (χ0v) is 18.4. The van der Waals surface area contributed by atoms with Gasteiger partial charge in [-0.15, -0.1) is 11.3 Å². The minimum Gasteiger partial charge on any atom is -0.495 e. The summed E-state index contributed by atoms with van der Waals surface area (Å²) in [6.07, 6.45) is 0. The van der Waals surface area contributed by atoms with E-state index in [0.29, 0.717) is 0 Å². The van der Waals surface area contributed by atoms with Crippen LogP contribution in [-0.2, 0) is 0 Å². The third-order valence-electron chi connectivity index (χ3n) is 4.82. The molecule has 5 nitrogen and oxygen atoms in total. The summed E-state index contributed by atoms with van der Waals surface area (Å²) in [5.74, 6) is 0.783. The van der Waals surface area contributed by atoms with Crippen LogP contribution in [0.2, 0.25) is 5.02 Å². The number of aromatic nitrogens is 1. The number of thiocarbonyl (C=S) groups is 1. The Balaban J connectivity index is 1.36. The van der Waals surface area contributed by atoms with Gasteiger partial charge in [0.1, 0.15) is 5.75 Å². The van der Waals surface area contributed by atoms with Crippen LogP contribution >= 0.6 is 35.2 Å². The number of halogens is 1. The number of benzene rings is 2. The molecule has 3 aromatic rings. The number of piperazine rings is 1. The van der Waals surface area contributed by atoms with Crippen molar-refractivity contribution in [2.24, 2.45) is 0 Å². The van der Waals surface area contributed by atoms with Crippen molar-refractivity contribution < 1.29 is 4.74 Å². The Bertz CT molecular complexity index is 984. The van der Waals surface area contributed by atoms with Crippen LogP contribution < -0.4 is 15.0 Å². The molecule has 0 aliphatic carbocycles. The van der Waals surface area contributed by atoms with E-state index in [-0.39, 0.29) is 0 Å². The second-order valence-corrected chi connectivity index (χ2v) is 8.29. The summed E-state index contributed by atoms with van der Waals surface area (Å²) in [7, 11) is 1.66. The van der Waals surface area contributed by atoms with Crippen molar-refractivity contribution in [2.75, 3.05) is 43.5 Å². The number of thiazole rings is 1. The third-order valence-corrected chi connectivity index (χ3v) is 6.33. The number of hydrogen-bond acceptors (Lipinski definition) is 5. The normalized spacial score (nSPS) is 14.0. The Labute approximate surface area is 184 Å². The lowest BCUT2D eigenvalue weighted by Gasteiger charge is -2.36. The molecule has 0 unspecified atom stereocenters. The predicted octanol–water partition coefficient (Wildman–Crippen LogP) is 4.99. The van der Waals surface area contributed by atoms with Crippen molar-refractivity contribution in [3.8, 4) is 17.0 Å². The highest BCUT2D eigenvalue weighted by molar-refractivity contribution is 7.80. The summed E-state index contributed by atoms with van der Waals surface area (Å²) in [6, 6.07) is 15.6. The van der Waals surface area contributed by atoms with E-state index in [1.165, 1.54) is 0 Å². The number of methoxy groups -OCH3 is 1. The van der Waals surface area contributed by atoms with Gasteiger partial charge < -0.3 is 19.9 Å². The molecular weight excluding hydrogens is 424 g/mol. The average molecular weight is 445 g/mol. The van der Waals surface area contributed by atoms with Crippen molar-refractivity contribution in [3.63, 3.8) is 0 Å². The summed E-state index contributed by atoms with van der Waals surface area (Å²) in [5, 5.41) is 7.89. The van der Waals surface area contributed by atoms with Gasteiger partial charge in [-0.1, -0.05) is 35.9 Å². The van der Waals surface area contributed by atoms with Crippen LogP contribution in [0.5, 0.6) is 5.75 Å². The van der Waals surface area contributed by atoms with E-state index in [0.717, 1.165) is 64.1 Å². The van der Waals surface area contributed by atoms with E-state index in [1.807, 2.05) is 48.5 Å². The minimum atomic E-state index is 0.718. The van der Waals surface area contributed by atoms with E-state index in [2.05, 4.69) is 20.5 Å². The van der Waals surface area contributed by atoms with Gasteiger partial charge in [0.25, 0.3) is 0 Å². The largest absolute Gasteiger partial charge is 0.495 e. The van der Waals surface area contributed by atoms with Crippen LogP contribution in [0.25, 0.3) is 11.3 Å². The Morgan fingerprint density at radius 3 is 2.55 bits per heavy atom. The number of para-hydroxylation sites is 2. The van der Waals surface area contributed by atoms with Gasteiger partial charge >= 0.3 is 0 Å². The first-order chi connectivity index (χ1) is 14.1. The Kier molecular flexibility index (Phi) is 6.18. The highest BCUT2D eigenvalue weighted by Gasteiger charge is 2.21. The van der Waals surface area contributed by atoms with Crippen LogP contribution in [0, 0.1) is 0 Å². The number of rotatable bonds is 4. The molecule has 1 fully saturated rings. The van der Waals surface area contributed by atoms with Gasteiger partial charge in [0.2, 0.25) is 0 Å². The highest BCUT2D eigenvalue weighted by atomic mass is 35.5. The molecule has 8 heteroatoms. The summed E-state index contributed by atoms with van der Waals surface area (Å²) in [6.45, 7) is 3.44. The molecule has 4 rings (SSSR count). The standard InChI is InChI=1S/C21H21ClN4OS2/c1-27-19-5-3-2-4-17(19)23-20(28)25-10-12-26(13-11-25)21-24-18(14-29-21)15-6-8-16(22)9-7-15/h2-9,14H,10-13H2,1H3,(H,23,28). The second kappa shape index (κ2) is 8.98. The van der Waals surface area contributed by atoms with Gasteiger partial charge in [-0.25, -0.2) is 4.98 Å². The van der Waals surface area contributed by atoms with Gasteiger partial charge in [-0.2, -0.15) is 0 Å². The van der Waals surface area contributed by atoms with Crippen molar-refractivity contribution in [1.29, 1.82) is 0 Å². The number of nitrogens with one attached hydrogen (secondary N) is 1. The molecule has 150 valence electrons. The number of hydrogen-bond donors (Lipinski definition) is 1. The quantitative estimate of drug-likeness (QED) is 0.571. The smallest absolute Gasteiger partial charge is 0.185 e. The Morgan fingerprint density at radius 2 is 1.83 bits per heavy atom. The zero-order valence-electron chi connectivity index (χ0n) is 16.0. The molecule has 1 N–H and O–H groups in total. The van der Waals surface area contributed by atoms with Gasteiger partial charge in [-0.3, -0.25) is 0 Å². The maximum Gasteiger partial charge on any atom is 0.185 e. The molecule has 2 aromatic carbocycles. The number of nitrogens with zero attached hydrogens (tertiary/aromatic N) is 3. The molecule has 2 heterocycles. The molecule has 1 saturated heterocycles. The lowest BCUT2D eigenvalue weighted by atomic mass is 10.2. The molecule has 1 aliphatic rings. The maximum absolute atomic E-state index is 5.98. The summed E-state index contributed by atoms with van der Waals surface area (Å²) in [5.41, 5.74) is 2.95. The molecule has 0 amide bonds. The summed E-state index contributed by atoms with van der Waals surface area (Å²) >= 11 is 13.3. The van der Waals surface area contributed by atoms with Crippen molar-refractivity contribution in [1.82, 2.24) is 9.88 Å². The topological polar surface area (TPSA) is 40.6 Å². The van der Waals surface area contributed by atoms with Crippen LogP contribution in [0.15, 0.2) is 53.9 Å². The number of ether oxygens (including phenoxy) is 1. The van der Waals surface area contributed by atoms with Gasteiger partial charge in [0, 0.05) is 42.1 Å². The SMILES string of the molecule is COc1ccccc1NC(=S)N1CCN(c2nc(-c3ccc(Cl)cc3)cs2)CC1. The van der Waals surface area contributed by atoms with Gasteiger partial charge in [0.15, 0.2) is 10.2 Å². The fraction of sp³-hybridized carbons (Fsp3) is 0.238. The fourth-order valence-electron chi connectivity index (χ4n) is 3.21. The zero-order chi connectivity index (χ0) is 20.2. The molecule has 1 aliphatic heterocycles. The van der Waals surface area contributed by atoms with Crippen molar-refractivity contribution in [2.45, 2.75) is 0 Å². The second-order valence-electron chi connectivity index (χ2n) is 6.63. The Hall–Kier alpha value is -2.35. The summed E-state index contributed by atoms with van der Waals surface area (Å²) < 4.78 is 5.39. The van der Waals surface area contributed by atoms with Gasteiger partial charge in [-0.05, 0) is 36.5 Å². The van der Waals surface area contributed by atoms with E-state index in [1.54, 1.807) is 18.4 Å². The van der Waals surface area contributed by atoms with Crippen molar-refractivity contribution >= 4 is 51.1 Å². The lowest BCUT2D eigenvalue weighted by molar-refractivity contribution is 0.390. The molecule has 0 bridgehead atoms. The van der Waals surface area contributed by atoms with Crippen LogP contribution in [0.3, 0.4) is 0 Å². The van der Waals surface area contributed by atoms with Gasteiger partial charge in [0.05, 0.1) is 18.5 Å². The molecule has 29 heavy (non-hydrogen) atoms. The monoisotopic (exact) mass is 444 g/mol. The first-order valence-corrected chi connectivity index (χ1v) is 11.0. The fourth-order valence-corrected chi connectivity index (χ4v) is 4.51. The van der Waals surface area contributed by atoms with E-state index in [4.69, 9.17) is 33.5 Å². The Morgan fingerprint density at radius 1 is 1.10 bits per heavy atom.